The van der Waals surface area contributed by atoms with E-state index in [1.54, 1.807) is 4.90 Å². The molecular weight excluding hydrogens is 306 g/mol. The molecule has 1 aliphatic heterocycles. The van der Waals surface area contributed by atoms with Gasteiger partial charge in [-0.2, -0.15) is 0 Å². The lowest BCUT2D eigenvalue weighted by molar-refractivity contribution is -0.122. The number of ether oxygens (including phenoxy) is 1. The summed E-state index contributed by atoms with van der Waals surface area (Å²) in [6.07, 6.45) is 5.66. The third-order valence-corrected chi connectivity index (χ3v) is 4.13. The van der Waals surface area contributed by atoms with Crippen molar-refractivity contribution >= 4 is 12.0 Å². The molecule has 1 aliphatic rings. The predicted octanol–water partition coefficient (Wildman–Crippen LogP) is 2.95. The molecule has 6 heteroatoms. The summed E-state index contributed by atoms with van der Waals surface area (Å²) in [5, 5.41) is 3.09. The number of carbonyl (C=O) groups excluding carboxylic acids is 2. The summed E-state index contributed by atoms with van der Waals surface area (Å²) in [6, 6.07) is 4.19. The topological polar surface area (TPSA) is 63.6 Å². The van der Waals surface area contributed by atoms with Gasteiger partial charge in [-0.15, -0.1) is 0 Å². The molecule has 2 heterocycles. The first-order valence-electron chi connectivity index (χ1n) is 8.64. The first-order chi connectivity index (χ1) is 11.2. The Kier molecular flexibility index (Phi) is 5.91. The van der Waals surface area contributed by atoms with Gasteiger partial charge in [-0.05, 0) is 52.7 Å². The van der Waals surface area contributed by atoms with Crippen LogP contribution in [-0.2, 0) is 9.53 Å². The highest BCUT2D eigenvalue weighted by Gasteiger charge is 2.27. The van der Waals surface area contributed by atoms with Crippen LogP contribution >= 0.6 is 0 Å². The largest absolute Gasteiger partial charge is 0.444 e. The molecule has 0 bridgehead atoms. The molecule has 1 unspecified atom stereocenters. The molecule has 1 N–H and O–H groups in total. The highest BCUT2D eigenvalue weighted by molar-refractivity contribution is 5.76. The first kappa shape index (κ1) is 18.4. The van der Waals surface area contributed by atoms with Crippen molar-refractivity contribution in [2.75, 3.05) is 13.1 Å². The number of likely N-dealkylation sites (tertiary alicyclic amines) is 1. The molecule has 0 radical (unpaired) electrons. The average Bonchev–Trinajstić information content (AvgIpc) is 3.00. The predicted molar refractivity (Wildman–Crippen MR) is 92.7 cm³/mol. The van der Waals surface area contributed by atoms with Crippen LogP contribution in [0, 0.1) is 0 Å². The van der Waals surface area contributed by atoms with E-state index < -0.39 is 5.60 Å². The number of nitrogens with one attached hydrogen (secondary N) is 1. The molecule has 0 aliphatic carbocycles. The van der Waals surface area contributed by atoms with E-state index in [0.717, 1.165) is 12.8 Å². The van der Waals surface area contributed by atoms with Crippen molar-refractivity contribution in [2.24, 2.45) is 0 Å². The second-order valence-electron chi connectivity index (χ2n) is 7.49. The van der Waals surface area contributed by atoms with Crippen molar-refractivity contribution in [1.29, 1.82) is 0 Å². The Morgan fingerprint density at radius 2 is 1.79 bits per heavy atom. The summed E-state index contributed by atoms with van der Waals surface area (Å²) in [4.78, 5) is 25.9. The average molecular weight is 335 g/mol. The van der Waals surface area contributed by atoms with Crippen molar-refractivity contribution in [1.82, 2.24) is 14.8 Å². The Labute approximate surface area is 144 Å². The molecule has 1 saturated heterocycles. The van der Waals surface area contributed by atoms with Crippen molar-refractivity contribution in [3.8, 4) is 0 Å². The Bertz CT molecular complexity index is 540. The molecule has 1 aromatic rings. The maximum atomic E-state index is 12.2. The maximum Gasteiger partial charge on any atom is 0.410 e. The number of hydrogen-bond donors (Lipinski definition) is 1. The molecule has 134 valence electrons. The Hall–Kier alpha value is -1.98. The van der Waals surface area contributed by atoms with Crippen LogP contribution in [0.5, 0.6) is 0 Å². The summed E-state index contributed by atoms with van der Waals surface area (Å²) >= 11 is 0. The minimum atomic E-state index is -0.475. The molecule has 1 atom stereocenters. The van der Waals surface area contributed by atoms with Crippen molar-refractivity contribution in [3.05, 3.63) is 24.5 Å². The van der Waals surface area contributed by atoms with Gasteiger partial charge in [0.25, 0.3) is 0 Å². The molecule has 6 nitrogen and oxygen atoms in total. The van der Waals surface area contributed by atoms with E-state index in [0.29, 0.717) is 19.5 Å². The van der Waals surface area contributed by atoms with Crippen LogP contribution in [0.1, 0.15) is 53.0 Å². The van der Waals surface area contributed by atoms with Gasteiger partial charge in [0.05, 0.1) is 0 Å². The lowest BCUT2D eigenvalue weighted by Gasteiger charge is -2.33. The van der Waals surface area contributed by atoms with Crippen LogP contribution in [-0.4, -0.2) is 46.2 Å². The van der Waals surface area contributed by atoms with Gasteiger partial charge in [-0.3, -0.25) is 4.79 Å². The third-order valence-electron chi connectivity index (χ3n) is 4.13. The summed E-state index contributed by atoms with van der Waals surface area (Å²) < 4.78 is 7.42. The van der Waals surface area contributed by atoms with Gasteiger partial charge in [0, 0.05) is 44.0 Å². The standard InChI is InChI=1S/C18H29N3O3/c1-14(20-9-5-6-10-20)13-16(22)19-15-7-11-21(12-8-15)17(23)24-18(2,3)4/h5-6,9-10,14-15H,7-8,11-13H2,1-4H3,(H,19,22). The van der Waals surface area contributed by atoms with Gasteiger partial charge in [0.15, 0.2) is 0 Å². The van der Waals surface area contributed by atoms with E-state index in [1.807, 2.05) is 56.8 Å². The lowest BCUT2D eigenvalue weighted by Crippen LogP contribution is -2.48. The van der Waals surface area contributed by atoms with Crippen LogP contribution in [0.15, 0.2) is 24.5 Å². The van der Waals surface area contributed by atoms with E-state index in [9.17, 15) is 9.59 Å². The molecule has 0 saturated carbocycles. The van der Waals surface area contributed by atoms with Gasteiger partial charge < -0.3 is 19.5 Å². The third kappa shape index (κ3) is 5.58. The number of nitrogens with zero attached hydrogens (tertiary/aromatic N) is 2. The Morgan fingerprint density at radius 1 is 1.21 bits per heavy atom. The van der Waals surface area contributed by atoms with Crippen LogP contribution in [0.3, 0.4) is 0 Å². The monoisotopic (exact) mass is 335 g/mol. The Balaban J connectivity index is 1.72. The number of aromatic nitrogens is 1. The smallest absolute Gasteiger partial charge is 0.410 e. The molecule has 1 fully saturated rings. The lowest BCUT2D eigenvalue weighted by atomic mass is 10.0. The minimum Gasteiger partial charge on any atom is -0.444 e. The normalized spacial score (nSPS) is 17.4. The number of rotatable bonds is 4. The SMILES string of the molecule is CC(CC(=O)NC1CCN(C(=O)OC(C)(C)C)CC1)n1cccc1. The minimum absolute atomic E-state index is 0.0620. The summed E-state index contributed by atoms with van der Waals surface area (Å²) in [6.45, 7) is 8.86. The summed E-state index contributed by atoms with van der Waals surface area (Å²) in [5.41, 5.74) is -0.475. The summed E-state index contributed by atoms with van der Waals surface area (Å²) in [7, 11) is 0. The van der Waals surface area contributed by atoms with Crippen molar-refractivity contribution in [3.63, 3.8) is 0 Å². The number of amides is 2. The fourth-order valence-electron chi connectivity index (χ4n) is 2.83. The van der Waals surface area contributed by atoms with Crippen molar-refractivity contribution in [2.45, 2.75) is 64.6 Å². The van der Waals surface area contributed by atoms with Gasteiger partial charge >= 0.3 is 6.09 Å². The van der Waals surface area contributed by atoms with E-state index >= 15 is 0 Å². The fraction of sp³-hybridized carbons (Fsp3) is 0.667. The Morgan fingerprint density at radius 3 is 2.33 bits per heavy atom. The highest BCUT2D eigenvalue weighted by atomic mass is 16.6. The van der Waals surface area contributed by atoms with Crippen LogP contribution in [0.2, 0.25) is 0 Å². The molecule has 0 spiro atoms. The second-order valence-corrected chi connectivity index (χ2v) is 7.49. The van der Waals surface area contributed by atoms with Crippen LogP contribution in [0.25, 0.3) is 0 Å². The van der Waals surface area contributed by atoms with E-state index in [1.165, 1.54) is 0 Å². The zero-order valence-corrected chi connectivity index (χ0v) is 15.1. The van der Waals surface area contributed by atoms with Gasteiger partial charge in [0.1, 0.15) is 5.60 Å². The zero-order chi connectivity index (χ0) is 17.7. The van der Waals surface area contributed by atoms with E-state index in [4.69, 9.17) is 4.74 Å². The summed E-state index contributed by atoms with van der Waals surface area (Å²) in [5.74, 6) is 0.0620. The molecule has 2 amide bonds. The highest BCUT2D eigenvalue weighted by Crippen LogP contribution is 2.16. The number of carbonyl (C=O) groups is 2. The maximum absolute atomic E-state index is 12.2. The van der Waals surface area contributed by atoms with Crippen LogP contribution in [0.4, 0.5) is 4.79 Å². The molecule has 24 heavy (non-hydrogen) atoms. The number of hydrogen-bond acceptors (Lipinski definition) is 3. The quantitative estimate of drug-likeness (QED) is 0.920. The molecular formula is C18H29N3O3. The number of piperidine rings is 1. The molecule has 1 aromatic heterocycles. The fourth-order valence-corrected chi connectivity index (χ4v) is 2.83. The van der Waals surface area contributed by atoms with E-state index in [2.05, 4.69) is 5.32 Å². The first-order valence-corrected chi connectivity index (χ1v) is 8.64. The molecule has 2 rings (SSSR count). The van der Waals surface area contributed by atoms with E-state index in [-0.39, 0.29) is 24.1 Å². The van der Waals surface area contributed by atoms with Gasteiger partial charge in [-0.25, -0.2) is 4.79 Å². The van der Waals surface area contributed by atoms with Gasteiger partial charge in [0.2, 0.25) is 5.91 Å². The molecule has 0 aromatic carbocycles. The zero-order valence-electron chi connectivity index (χ0n) is 15.1. The van der Waals surface area contributed by atoms with Crippen molar-refractivity contribution < 1.29 is 14.3 Å². The van der Waals surface area contributed by atoms with Crippen LogP contribution < -0.4 is 5.32 Å². The second kappa shape index (κ2) is 7.73. The van der Waals surface area contributed by atoms with Gasteiger partial charge in [-0.1, -0.05) is 0 Å².